The lowest BCUT2D eigenvalue weighted by molar-refractivity contribution is -0.118. The van der Waals surface area contributed by atoms with E-state index in [2.05, 4.69) is 21.0 Å². The minimum Gasteiger partial charge on any atom is -0.452 e. The van der Waals surface area contributed by atoms with E-state index >= 15 is 0 Å². The molecule has 3 aromatic rings. The normalized spacial score (nSPS) is 23.6. The molecule has 1 aromatic carbocycles. The van der Waals surface area contributed by atoms with Gasteiger partial charge in [0.05, 0.1) is 29.4 Å². The number of alkyl halides is 2. The van der Waals surface area contributed by atoms with Gasteiger partial charge in [0.2, 0.25) is 0 Å². The third kappa shape index (κ3) is 4.87. The molecular weight excluding hydrogens is 492 g/mol. The van der Waals surface area contributed by atoms with Crippen molar-refractivity contribution in [2.45, 2.75) is 50.7 Å². The maximum atomic E-state index is 14.3. The highest BCUT2D eigenvalue weighted by molar-refractivity contribution is 6.33. The average Bonchev–Trinajstić information content (AvgIpc) is 3.37. The van der Waals surface area contributed by atoms with Crippen molar-refractivity contribution in [1.29, 1.82) is 0 Å². The summed E-state index contributed by atoms with van der Waals surface area (Å²) in [7, 11) is 0. The first-order chi connectivity index (χ1) is 17.2. The zero-order chi connectivity index (χ0) is 25.4. The fraction of sp³-hybridized carbons (Fsp3) is 0.423. The summed E-state index contributed by atoms with van der Waals surface area (Å²) in [4.78, 5) is 22.9. The van der Waals surface area contributed by atoms with Crippen molar-refractivity contribution < 1.29 is 28.2 Å². The molecule has 0 saturated carbocycles. The SMILES string of the molecule is CC(=O)CC1CC=C(c2ccc(-c3nc4nc(O[C@@H]5CO[C@H](CO)C5(F)F)[nH]c4cc3Cl)cc2)CC1. The molecule has 2 aromatic heterocycles. The number of benzene rings is 1. The van der Waals surface area contributed by atoms with Crippen molar-refractivity contribution in [3.63, 3.8) is 0 Å². The summed E-state index contributed by atoms with van der Waals surface area (Å²) >= 11 is 6.49. The fourth-order valence-corrected chi connectivity index (χ4v) is 5.05. The number of carbonyl (C=O) groups is 1. The second-order valence-electron chi connectivity index (χ2n) is 9.37. The van der Waals surface area contributed by atoms with Gasteiger partial charge in [-0.25, -0.2) is 4.98 Å². The van der Waals surface area contributed by atoms with Crippen LogP contribution in [0.15, 0.2) is 36.4 Å². The van der Waals surface area contributed by atoms with Crippen molar-refractivity contribution in [2.24, 2.45) is 5.92 Å². The maximum absolute atomic E-state index is 14.3. The molecule has 1 aliphatic heterocycles. The van der Waals surface area contributed by atoms with Gasteiger partial charge in [-0.3, -0.25) is 0 Å². The third-order valence-electron chi connectivity index (χ3n) is 6.76. The van der Waals surface area contributed by atoms with Gasteiger partial charge in [-0.2, -0.15) is 13.8 Å². The van der Waals surface area contributed by atoms with E-state index in [-0.39, 0.29) is 24.0 Å². The van der Waals surface area contributed by atoms with E-state index < -0.39 is 24.7 Å². The fourth-order valence-electron chi connectivity index (χ4n) is 4.79. The topological polar surface area (TPSA) is 97.3 Å². The first-order valence-corrected chi connectivity index (χ1v) is 12.2. The molecule has 0 amide bonds. The number of pyridine rings is 1. The average molecular weight is 518 g/mol. The van der Waals surface area contributed by atoms with E-state index in [4.69, 9.17) is 26.2 Å². The molecule has 0 bridgehead atoms. The molecule has 0 radical (unpaired) electrons. The standard InChI is InChI=1S/C26H26ClF2N3O4/c1-14(34)10-15-2-4-16(5-3-15)17-6-8-18(9-7-17)23-19(27)11-20-24(31-23)32-25(30-20)36-22-13-35-21(12-33)26(22,28)29/h4,6-9,11,15,21-22,33H,2-3,5,10,12-13H2,1H3,(H,30,31,32)/t15?,21-,22-/m1/s1. The number of aromatic nitrogens is 3. The van der Waals surface area contributed by atoms with Gasteiger partial charge in [-0.15, -0.1) is 0 Å². The van der Waals surface area contributed by atoms with Crippen molar-refractivity contribution in [2.75, 3.05) is 13.2 Å². The Morgan fingerprint density at radius 1 is 1.28 bits per heavy atom. The number of aliphatic hydroxyl groups is 1. The van der Waals surface area contributed by atoms with Gasteiger partial charge in [0.15, 0.2) is 11.8 Å². The van der Waals surface area contributed by atoms with E-state index in [1.807, 2.05) is 24.3 Å². The largest absolute Gasteiger partial charge is 0.452 e. The van der Waals surface area contributed by atoms with Crippen LogP contribution in [0.3, 0.4) is 0 Å². The molecule has 10 heteroatoms. The van der Waals surface area contributed by atoms with Crippen molar-refractivity contribution in [3.05, 3.63) is 47.0 Å². The minimum absolute atomic E-state index is 0.125. The number of nitrogens with one attached hydrogen (secondary N) is 1. The molecule has 7 nitrogen and oxygen atoms in total. The number of aromatic amines is 1. The summed E-state index contributed by atoms with van der Waals surface area (Å²) in [6, 6.07) is 9.42. The summed E-state index contributed by atoms with van der Waals surface area (Å²) in [5, 5.41) is 9.46. The number of hydrogen-bond acceptors (Lipinski definition) is 6. The summed E-state index contributed by atoms with van der Waals surface area (Å²) < 4.78 is 38.9. The molecule has 36 heavy (non-hydrogen) atoms. The lowest BCUT2D eigenvalue weighted by atomic mass is 9.84. The number of rotatable bonds is 7. The Balaban J connectivity index is 1.33. The van der Waals surface area contributed by atoms with Crippen LogP contribution in [0.5, 0.6) is 6.01 Å². The molecule has 5 rings (SSSR count). The number of nitrogens with zero attached hydrogens (tertiary/aromatic N) is 2. The van der Waals surface area contributed by atoms with Crippen LogP contribution in [0, 0.1) is 5.92 Å². The molecule has 1 saturated heterocycles. The maximum Gasteiger partial charge on any atom is 0.314 e. The third-order valence-corrected chi connectivity index (χ3v) is 7.04. The Morgan fingerprint density at radius 3 is 2.67 bits per heavy atom. The highest BCUT2D eigenvalue weighted by Gasteiger charge is 2.55. The number of imidazole rings is 1. The predicted molar refractivity (Wildman–Crippen MR) is 131 cm³/mol. The number of H-pyrrole nitrogens is 1. The Kier molecular flexibility index (Phi) is 6.80. The second kappa shape index (κ2) is 9.88. The first kappa shape index (κ1) is 24.8. The second-order valence-corrected chi connectivity index (χ2v) is 9.78. The first-order valence-electron chi connectivity index (χ1n) is 11.9. The smallest absolute Gasteiger partial charge is 0.314 e. The molecule has 1 unspecified atom stereocenters. The molecule has 0 spiro atoms. The number of ketones is 1. The predicted octanol–water partition coefficient (Wildman–Crippen LogP) is 5.21. The molecule has 1 aliphatic carbocycles. The summed E-state index contributed by atoms with van der Waals surface area (Å²) in [5.74, 6) is -2.70. The summed E-state index contributed by atoms with van der Waals surface area (Å²) in [5.41, 5.74) is 4.42. The minimum atomic E-state index is -3.35. The number of ether oxygens (including phenoxy) is 2. The number of aliphatic hydroxyl groups excluding tert-OH is 1. The van der Waals surface area contributed by atoms with Gasteiger partial charge in [0.1, 0.15) is 11.9 Å². The van der Waals surface area contributed by atoms with Gasteiger partial charge in [0.25, 0.3) is 6.01 Å². The van der Waals surface area contributed by atoms with E-state index in [0.717, 1.165) is 30.4 Å². The van der Waals surface area contributed by atoms with Crippen molar-refractivity contribution >= 4 is 34.1 Å². The van der Waals surface area contributed by atoms with Crippen LogP contribution in [-0.4, -0.2) is 57.2 Å². The van der Waals surface area contributed by atoms with Crippen LogP contribution < -0.4 is 4.74 Å². The Bertz CT molecular complexity index is 1310. The molecule has 3 heterocycles. The lowest BCUT2D eigenvalue weighted by Crippen LogP contribution is -2.43. The van der Waals surface area contributed by atoms with Gasteiger partial charge < -0.3 is 24.4 Å². The van der Waals surface area contributed by atoms with Crippen LogP contribution in [0.1, 0.15) is 38.2 Å². The van der Waals surface area contributed by atoms with Crippen molar-refractivity contribution in [3.8, 4) is 17.3 Å². The van der Waals surface area contributed by atoms with Crippen LogP contribution in [0.4, 0.5) is 8.78 Å². The quantitative estimate of drug-likeness (QED) is 0.446. The molecule has 2 aliphatic rings. The number of halogens is 3. The number of hydrogen-bond donors (Lipinski definition) is 2. The van der Waals surface area contributed by atoms with Crippen LogP contribution in [0.2, 0.25) is 5.02 Å². The molecule has 3 atom stereocenters. The number of carbonyl (C=O) groups excluding carboxylic acids is 1. The van der Waals surface area contributed by atoms with Gasteiger partial charge in [-0.1, -0.05) is 41.9 Å². The summed E-state index contributed by atoms with van der Waals surface area (Å²) in [6.45, 7) is 0.473. The summed E-state index contributed by atoms with van der Waals surface area (Å²) in [6.07, 6.45) is 2.50. The van der Waals surface area contributed by atoms with E-state index in [9.17, 15) is 13.6 Å². The molecule has 1 fully saturated rings. The van der Waals surface area contributed by atoms with Crippen LogP contribution >= 0.6 is 11.6 Å². The molecular formula is C26H26ClF2N3O4. The van der Waals surface area contributed by atoms with E-state index in [1.165, 1.54) is 5.57 Å². The van der Waals surface area contributed by atoms with Crippen molar-refractivity contribution in [1.82, 2.24) is 15.0 Å². The Labute approximate surface area is 211 Å². The van der Waals surface area contributed by atoms with Crippen LogP contribution in [-0.2, 0) is 9.53 Å². The lowest BCUT2D eigenvalue weighted by Gasteiger charge is -2.21. The Morgan fingerprint density at radius 2 is 2.03 bits per heavy atom. The van der Waals surface area contributed by atoms with Gasteiger partial charge in [0, 0.05) is 12.0 Å². The van der Waals surface area contributed by atoms with E-state index in [1.54, 1.807) is 13.0 Å². The number of fused-ring (bicyclic) bond motifs is 1. The number of allylic oxidation sites excluding steroid dienone is 2. The Hall–Kier alpha value is -2.88. The molecule has 190 valence electrons. The highest BCUT2D eigenvalue weighted by atomic mass is 35.5. The zero-order valence-corrected chi connectivity index (χ0v) is 20.4. The van der Waals surface area contributed by atoms with Gasteiger partial charge >= 0.3 is 5.92 Å². The monoisotopic (exact) mass is 517 g/mol. The zero-order valence-electron chi connectivity index (χ0n) is 19.6. The number of Topliss-reactive ketones (excluding diaryl/α,β-unsaturated/α-hetero) is 1. The molecule has 2 N–H and O–H groups in total. The van der Waals surface area contributed by atoms with E-state index in [0.29, 0.717) is 28.6 Å². The van der Waals surface area contributed by atoms with Gasteiger partial charge in [-0.05, 0) is 49.3 Å². The van der Waals surface area contributed by atoms with Crippen LogP contribution in [0.25, 0.3) is 28.0 Å². The highest BCUT2D eigenvalue weighted by Crippen LogP contribution is 2.36.